The van der Waals surface area contributed by atoms with Crippen LogP contribution in [0.1, 0.15) is 53.5 Å². The first-order valence-electron chi connectivity index (χ1n) is 9.71. The Labute approximate surface area is 179 Å². The van der Waals surface area contributed by atoms with Crippen LogP contribution in [0.5, 0.6) is 11.5 Å². The third kappa shape index (κ3) is 5.48. The highest BCUT2D eigenvalue weighted by atomic mass is 16.5. The molecule has 0 bridgehead atoms. The maximum absolute atomic E-state index is 12.7. The Hall–Kier alpha value is -3.68. The number of hydrogen-bond acceptors (Lipinski definition) is 6. The predicted octanol–water partition coefficient (Wildman–Crippen LogP) is 2.78. The number of ketones is 1. The smallest absolute Gasteiger partial charge is 0.326 e. The first-order chi connectivity index (χ1) is 14.5. The quantitative estimate of drug-likeness (QED) is 0.539. The van der Waals surface area contributed by atoms with Crippen LogP contribution in [0.3, 0.4) is 0 Å². The maximum Gasteiger partial charge on any atom is 0.326 e. The van der Waals surface area contributed by atoms with Crippen LogP contribution < -0.4 is 14.8 Å². The molecule has 1 unspecified atom stereocenters. The van der Waals surface area contributed by atoms with E-state index >= 15 is 0 Å². The monoisotopic (exact) mass is 425 g/mol. The van der Waals surface area contributed by atoms with E-state index in [0.717, 1.165) is 0 Å². The Morgan fingerprint density at radius 1 is 1.16 bits per heavy atom. The van der Waals surface area contributed by atoms with Crippen molar-refractivity contribution in [2.24, 2.45) is 0 Å². The molecule has 162 valence electrons. The van der Waals surface area contributed by atoms with Gasteiger partial charge in [0.2, 0.25) is 0 Å². The van der Waals surface area contributed by atoms with Crippen LogP contribution in [0.4, 0.5) is 0 Å². The third-order valence-corrected chi connectivity index (χ3v) is 4.74. The molecule has 0 aliphatic carbocycles. The number of carboxylic acid groups (broad SMARTS) is 1. The van der Waals surface area contributed by atoms with E-state index in [1.54, 1.807) is 30.3 Å². The Morgan fingerprint density at radius 3 is 2.45 bits per heavy atom. The fourth-order valence-corrected chi connectivity index (χ4v) is 3.33. The number of aliphatic carboxylic acids is 1. The predicted molar refractivity (Wildman–Crippen MR) is 110 cm³/mol. The van der Waals surface area contributed by atoms with Crippen molar-refractivity contribution in [3.63, 3.8) is 0 Å². The molecule has 2 aromatic rings. The second kappa shape index (κ2) is 8.59. The van der Waals surface area contributed by atoms with Crippen molar-refractivity contribution in [1.29, 1.82) is 0 Å². The molecule has 2 N–H and O–H groups in total. The number of carboxylic acids is 1. The lowest BCUT2D eigenvalue weighted by atomic mass is 9.92. The van der Waals surface area contributed by atoms with Gasteiger partial charge in [0.25, 0.3) is 5.91 Å². The van der Waals surface area contributed by atoms with E-state index in [4.69, 9.17) is 9.47 Å². The van der Waals surface area contributed by atoms with Crippen molar-refractivity contribution >= 4 is 23.6 Å². The minimum Gasteiger partial charge on any atom is -0.487 e. The fraction of sp³-hybridized carbons (Fsp3) is 0.304. The molecular formula is C23H23NO7. The average Bonchev–Trinajstić information content (AvgIpc) is 2.67. The first-order valence-corrected chi connectivity index (χ1v) is 9.71. The van der Waals surface area contributed by atoms with Crippen molar-refractivity contribution in [1.82, 2.24) is 5.32 Å². The van der Waals surface area contributed by atoms with Crippen molar-refractivity contribution in [2.45, 2.75) is 45.3 Å². The summed E-state index contributed by atoms with van der Waals surface area (Å²) in [6, 6.07) is 9.63. The number of carbonyl (C=O) groups excluding carboxylic acids is 3. The highest BCUT2D eigenvalue weighted by Gasteiger charge is 2.33. The molecule has 0 radical (unpaired) electrons. The lowest BCUT2D eigenvalue weighted by Gasteiger charge is -2.31. The molecule has 0 aromatic heterocycles. The lowest BCUT2D eigenvalue weighted by Crippen LogP contribution is -2.42. The molecule has 0 saturated heterocycles. The molecule has 1 atom stereocenters. The summed E-state index contributed by atoms with van der Waals surface area (Å²) >= 11 is 0. The molecule has 0 spiro atoms. The van der Waals surface area contributed by atoms with Gasteiger partial charge in [-0.2, -0.15) is 0 Å². The van der Waals surface area contributed by atoms with Crippen LogP contribution in [0, 0.1) is 0 Å². The van der Waals surface area contributed by atoms with Crippen LogP contribution in [-0.4, -0.2) is 40.4 Å². The summed E-state index contributed by atoms with van der Waals surface area (Å²) < 4.78 is 10.7. The first kappa shape index (κ1) is 22.0. The zero-order chi connectivity index (χ0) is 22.8. The van der Waals surface area contributed by atoms with Crippen molar-refractivity contribution in [3.05, 3.63) is 59.2 Å². The number of nitrogens with one attached hydrogen (secondary N) is 1. The van der Waals surface area contributed by atoms with E-state index in [2.05, 4.69) is 5.32 Å². The molecule has 1 amide bonds. The number of carbonyl (C=O) groups is 4. The molecule has 3 rings (SSSR count). The maximum atomic E-state index is 12.7. The van der Waals surface area contributed by atoms with Crippen LogP contribution in [-0.2, 0) is 16.0 Å². The molecule has 8 nitrogen and oxygen atoms in total. The summed E-state index contributed by atoms with van der Waals surface area (Å²) in [6.45, 7) is 4.90. The van der Waals surface area contributed by atoms with Crippen LogP contribution in [0.2, 0.25) is 0 Å². The second-order valence-electron chi connectivity index (χ2n) is 7.98. The van der Waals surface area contributed by atoms with E-state index < -0.39 is 29.5 Å². The van der Waals surface area contributed by atoms with E-state index in [1.807, 2.05) is 13.8 Å². The zero-order valence-corrected chi connectivity index (χ0v) is 17.4. The van der Waals surface area contributed by atoms with Gasteiger partial charge in [0, 0.05) is 18.9 Å². The lowest BCUT2D eigenvalue weighted by molar-refractivity contribution is -0.139. The molecule has 8 heteroatoms. The molecule has 31 heavy (non-hydrogen) atoms. The summed E-state index contributed by atoms with van der Waals surface area (Å²) in [5.41, 5.74) is 0.499. The number of amides is 1. The molecule has 2 aromatic carbocycles. The van der Waals surface area contributed by atoms with Gasteiger partial charge in [-0.3, -0.25) is 14.4 Å². The van der Waals surface area contributed by atoms with Crippen LogP contribution in [0.15, 0.2) is 42.5 Å². The van der Waals surface area contributed by atoms with Gasteiger partial charge in [-0.15, -0.1) is 0 Å². The molecule has 0 fully saturated rings. The Bertz CT molecular complexity index is 1040. The van der Waals surface area contributed by atoms with E-state index in [1.165, 1.54) is 19.1 Å². The van der Waals surface area contributed by atoms with Crippen LogP contribution >= 0.6 is 0 Å². The second-order valence-corrected chi connectivity index (χ2v) is 7.98. The minimum absolute atomic E-state index is 0.0304. The van der Waals surface area contributed by atoms with E-state index in [0.29, 0.717) is 22.6 Å². The van der Waals surface area contributed by atoms with Gasteiger partial charge in [0.05, 0.1) is 12.0 Å². The third-order valence-electron chi connectivity index (χ3n) is 4.74. The molecule has 1 aliphatic rings. The van der Waals surface area contributed by atoms with E-state index in [-0.39, 0.29) is 24.2 Å². The van der Waals surface area contributed by atoms with E-state index in [9.17, 15) is 24.3 Å². The average molecular weight is 425 g/mol. The van der Waals surface area contributed by atoms with Crippen molar-refractivity contribution in [3.8, 4) is 11.5 Å². The largest absolute Gasteiger partial charge is 0.487 e. The summed E-state index contributed by atoms with van der Waals surface area (Å²) in [4.78, 5) is 47.7. The topological polar surface area (TPSA) is 119 Å². The molecule has 1 aliphatic heterocycles. The number of Topliss-reactive ketones (excluding diaryl/α,β-unsaturated/α-hetero) is 1. The summed E-state index contributed by atoms with van der Waals surface area (Å²) in [7, 11) is 0. The number of esters is 1. The van der Waals surface area contributed by atoms with Gasteiger partial charge in [0.15, 0.2) is 5.78 Å². The van der Waals surface area contributed by atoms with Crippen molar-refractivity contribution < 1.29 is 33.8 Å². The van der Waals surface area contributed by atoms with Gasteiger partial charge >= 0.3 is 11.9 Å². The Balaban J connectivity index is 1.73. The normalized spacial score (nSPS) is 15.3. The van der Waals surface area contributed by atoms with Gasteiger partial charge in [-0.05, 0) is 49.7 Å². The highest BCUT2D eigenvalue weighted by Crippen LogP contribution is 2.33. The number of ether oxygens (including phenoxy) is 2. The van der Waals surface area contributed by atoms with Gasteiger partial charge < -0.3 is 19.9 Å². The van der Waals surface area contributed by atoms with Crippen molar-refractivity contribution in [2.75, 3.05) is 0 Å². The van der Waals surface area contributed by atoms with Gasteiger partial charge in [0.1, 0.15) is 23.1 Å². The molecule has 0 saturated carbocycles. The SMILES string of the molecule is CC(=O)Oc1ccc(CC(NC(=O)c2ccc3c(c2)C(=O)CC(C)(C)O3)C(=O)O)cc1. The number of fused-ring (bicyclic) bond motifs is 1. The minimum atomic E-state index is -1.20. The fourth-order valence-electron chi connectivity index (χ4n) is 3.33. The van der Waals surface area contributed by atoms with Gasteiger partial charge in [-0.25, -0.2) is 4.79 Å². The number of benzene rings is 2. The molecule has 1 heterocycles. The standard InChI is InChI=1S/C23H23NO7/c1-13(25)30-16-7-4-14(5-8-16)10-18(22(28)29)24-21(27)15-6-9-20-17(11-15)19(26)12-23(2,3)31-20/h4-9,11,18H,10,12H2,1-3H3,(H,24,27)(H,28,29). The number of hydrogen-bond donors (Lipinski definition) is 2. The van der Waals surface area contributed by atoms with Gasteiger partial charge in [-0.1, -0.05) is 12.1 Å². The highest BCUT2D eigenvalue weighted by molar-refractivity contribution is 6.04. The number of rotatable bonds is 6. The Morgan fingerprint density at radius 2 is 1.84 bits per heavy atom. The van der Waals surface area contributed by atoms with Crippen LogP contribution in [0.25, 0.3) is 0 Å². The summed E-state index contributed by atoms with van der Waals surface area (Å²) in [5.74, 6) is -1.65. The summed E-state index contributed by atoms with van der Waals surface area (Å²) in [6.07, 6.45) is 0.217. The zero-order valence-electron chi connectivity index (χ0n) is 17.4. The summed E-state index contributed by atoms with van der Waals surface area (Å²) in [5, 5.41) is 12.0. The Kier molecular flexibility index (Phi) is 6.10. The molecular weight excluding hydrogens is 402 g/mol.